The van der Waals surface area contributed by atoms with Crippen molar-refractivity contribution in [3.8, 4) is 0 Å². The smallest absolute Gasteiger partial charge is 0.328 e. The number of carboxylic acid groups (broad SMARTS) is 1. The first kappa shape index (κ1) is 14.0. The van der Waals surface area contributed by atoms with Crippen LogP contribution in [-0.2, 0) is 20.9 Å². The van der Waals surface area contributed by atoms with Gasteiger partial charge in [-0.1, -0.05) is 0 Å². The highest BCUT2D eigenvalue weighted by molar-refractivity contribution is 7.12. The van der Waals surface area contributed by atoms with Crippen molar-refractivity contribution in [3.05, 3.63) is 21.9 Å². The largest absolute Gasteiger partial charge is 0.480 e. The summed E-state index contributed by atoms with van der Waals surface area (Å²) < 4.78 is 10.2. The van der Waals surface area contributed by atoms with Crippen molar-refractivity contribution in [2.75, 3.05) is 26.9 Å². The Morgan fingerprint density at radius 1 is 1.63 bits per heavy atom. The molecule has 1 saturated heterocycles. The van der Waals surface area contributed by atoms with Crippen LogP contribution in [0.15, 0.2) is 11.4 Å². The van der Waals surface area contributed by atoms with Crippen molar-refractivity contribution in [1.29, 1.82) is 0 Å². The summed E-state index contributed by atoms with van der Waals surface area (Å²) in [6.07, 6.45) is 0. The lowest BCUT2D eigenvalue weighted by atomic mass is 10.2. The molecule has 2 rings (SSSR count). The summed E-state index contributed by atoms with van der Waals surface area (Å²) in [7, 11) is 1.56. The predicted octanol–water partition coefficient (Wildman–Crippen LogP) is 0.820. The van der Waals surface area contributed by atoms with E-state index in [1.54, 1.807) is 12.5 Å². The van der Waals surface area contributed by atoms with Crippen LogP contribution in [0.25, 0.3) is 0 Å². The molecule has 1 amide bonds. The van der Waals surface area contributed by atoms with Crippen molar-refractivity contribution in [2.45, 2.75) is 12.6 Å². The van der Waals surface area contributed by atoms with Gasteiger partial charge >= 0.3 is 5.97 Å². The summed E-state index contributed by atoms with van der Waals surface area (Å²) >= 11 is 1.30. The van der Waals surface area contributed by atoms with Gasteiger partial charge in [-0.3, -0.25) is 4.79 Å². The number of carbonyl (C=O) groups is 2. The molecular formula is C12H15NO5S. The van der Waals surface area contributed by atoms with Gasteiger partial charge in [-0.05, 0) is 11.4 Å². The van der Waals surface area contributed by atoms with Gasteiger partial charge in [-0.25, -0.2) is 4.79 Å². The van der Waals surface area contributed by atoms with Crippen LogP contribution >= 0.6 is 11.3 Å². The van der Waals surface area contributed by atoms with Crippen LogP contribution in [0.3, 0.4) is 0 Å². The molecule has 0 radical (unpaired) electrons. The molecule has 1 aliphatic heterocycles. The number of methoxy groups -OCH3 is 1. The molecule has 0 bridgehead atoms. The monoisotopic (exact) mass is 285 g/mol. The summed E-state index contributed by atoms with van der Waals surface area (Å²) in [6, 6.07) is 0.899. The van der Waals surface area contributed by atoms with Crippen molar-refractivity contribution < 1.29 is 24.2 Å². The number of amides is 1. The number of nitrogens with zero attached hydrogens (tertiary/aromatic N) is 1. The van der Waals surface area contributed by atoms with Crippen molar-refractivity contribution in [2.24, 2.45) is 0 Å². The molecule has 1 atom stereocenters. The number of carbonyl (C=O) groups excluding carboxylic acids is 1. The van der Waals surface area contributed by atoms with Gasteiger partial charge in [0, 0.05) is 19.2 Å². The van der Waals surface area contributed by atoms with Crippen LogP contribution in [0.4, 0.5) is 0 Å². The maximum Gasteiger partial charge on any atom is 0.328 e. The molecule has 0 aromatic carbocycles. The number of hydrogen-bond donors (Lipinski definition) is 1. The molecule has 1 aromatic rings. The second-order valence-electron chi connectivity index (χ2n) is 4.14. The van der Waals surface area contributed by atoms with E-state index in [0.29, 0.717) is 24.6 Å². The van der Waals surface area contributed by atoms with E-state index >= 15 is 0 Å². The van der Waals surface area contributed by atoms with Crippen molar-refractivity contribution >= 4 is 23.2 Å². The van der Waals surface area contributed by atoms with Crippen LogP contribution in [0.5, 0.6) is 0 Å². The summed E-state index contributed by atoms with van der Waals surface area (Å²) in [5, 5.41) is 10.9. The van der Waals surface area contributed by atoms with Gasteiger partial charge in [0.1, 0.15) is 0 Å². The minimum atomic E-state index is -1.04. The normalized spacial score (nSPS) is 19.4. The Labute approximate surface area is 114 Å². The van der Waals surface area contributed by atoms with E-state index in [-0.39, 0.29) is 12.5 Å². The highest BCUT2D eigenvalue weighted by Crippen LogP contribution is 2.22. The maximum atomic E-state index is 12.4. The summed E-state index contributed by atoms with van der Waals surface area (Å²) in [5.41, 5.74) is 0.785. The first-order valence-electron chi connectivity index (χ1n) is 5.82. The molecule has 1 N–H and O–H groups in total. The lowest BCUT2D eigenvalue weighted by Gasteiger charge is -2.32. The molecule has 19 heavy (non-hydrogen) atoms. The second kappa shape index (κ2) is 6.14. The third-order valence-corrected chi connectivity index (χ3v) is 3.86. The molecule has 0 spiro atoms. The molecule has 1 aromatic heterocycles. The first-order chi connectivity index (χ1) is 9.15. The number of thiophene rings is 1. The number of carboxylic acids is 1. The highest BCUT2D eigenvalue weighted by Gasteiger charge is 2.34. The molecule has 1 fully saturated rings. The van der Waals surface area contributed by atoms with E-state index in [1.807, 2.05) is 6.07 Å². The topological polar surface area (TPSA) is 76.1 Å². The third-order valence-electron chi connectivity index (χ3n) is 2.92. The standard InChI is InChI=1S/C12H15NO5S/c1-17-6-8-2-5-19-10(8)11(14)13-3-4-18-7-9(13)12(15)16/h2,5,9H,3-4,6-7H2,1H3,(H,15,16). The third kappa shape index (κ3) is 2.94. The van der Waals surface area contributed by atoms with Gasteiger partial charge in [0.05, 0.1) is 24.7 Å². The summed E-state index contributed by atoms with van der Waals surface area (Å²) in [6.45, 7) is 1.03. The Bertz CT molecular complexity index is 472. The van der Waals surface area contributed by atoms with E-state index in [9.17, 15) is 9.59 Å². The predicted molar refractivity (Wildman–Crippen MR) is 68.3 cm³/mol. The van der Waals surface area contributed by atoms with Crippen LogP contribution in [0, 0.1) is 0 Å². The molecular weight excluding hydrogens is 270 g/mol. The van der Waals surface area contributed by atoms with E-state index in [1.165, 1.54) is 16.2 Å². The average Bonchev–Trinajstić information content (AvgIpc) is 2.86. The van der Waals surface area contributed by atoms with Gasteiger partial charge in [-0.15, -0.1) is 11.3 Å². The average molecular weight is 285 g/mol. The van der Waals surface area contributed by atoms with Gasteiger partial charge in [0.25, 0.3) is 5.91 Å². The first-order valence-corrected chi connectivity index (χ1v) is 6.70. The van der Waals surface area contributed by atoms with E-state index in [4.69, 9.17) is 14.6 Å². The fourth-order valence-corrected chi connectivity index (χ4v) is 2.84. The minimum absolute atomic E-state index is 0.0338. The lowest BCUT2D eigenvalue weighted by molar-refractivity contribution is -0.147. The number of rotatable bonds is 4. The Morgan fingerprint density at radius 2 is 2.42 bits per heavy atom. The zero-order valence-electron chi connectivity index (χ0n) is 10.5. The maximum absolute atomic E-state index is 12.4. The number of morpholine rings is 1. The van der Waals surface area contributed by atoms with Crippen LogP contribution in [0.2, 0.25) is 0 Å². The summed E-state index contributed by atoms with van der Waals surface area (Å²) in [5.74, 6) is -1.31. The quantitative estimate of drug-likeness (QED) is 0.886. The molecule has 2 heterocycles. The second-order valence-corrected chi connectivity index (χ2v) is 5.05. The molecule has 1 aliphatic rings. The van der Waals surface area contributed by atoms with Crippen molar-refractivity contribution in [1.82, 2.24) is 4.90 Å². The number of ether oxygens (including phenoxy) is 2. The van der Waals surface area contributed by atoms with Crippen LogP contribution in [0.1, 0.15) is 15.2 Å². The zero-order valence-corrected chi connectivity index (χ0v) is 11.3. The zero-order chi connectivity index (χ0) is 13.8. The molecule has 104 valence electrons. The minimum Gasteiger partial charge on any atom is -0.480 e. The van der Waals surface area contributed by atoms with E-state index in [0.717, 1.165) is 5.56 Å². The Hall–Kier alpha value is -1.44. The van der Waals surface area contributed by atoms with Crippen LogP contribution in [-0.4, -0.2) is 54.8 Å². The van der Waals surface area contributed by atoms with Crippen molar-refractivity contribution in [3.63, 3.8) is 0 Å². The van der Waals surface area contributed by atoms with Gasteiger partial charge in [0.2, 0.25) is 0 Å². The lowest BCUT2D eigenvalue weighted by Crippen LogP contribution is -2.52. The Balaban J connectivity index is 2.21. The molecule has 7 heteroatoms. The number of aliphatic carboxylic acids is 1. The van der Waals surface area contributed by atoms with Gasteiger partial charge < -0.3 is 19.5 Å². The van der Waals surface area contributed by atoms with E-state index < -0.39 is 12.0 Å². The fraction of sp³-hybridized carbons (Fsp3) is 0.500. The Kier molecular flexibility index (Phi) is 4.52. The van der Waals surface area contributed by atoms with E-state index in [2.05, 4.69) is 0 Å². The molecule has 6 nitrogen and oxygen atoms in total. The SMILES string of the molecule is COCc1ccsc1C(=O)N1CCOCC1C(=O)O. The van der Waals surface area contributed by atoms with Gasteiger partial charge in [-0.2, -0.15) is 0 Å². The molecule has 1 unspecified atom stereocenters. The molecule has 0 saturated carbocycles. The van der Waals surface area contributed by atoms with Gasteiger partial charge in [0.15, 0.2) is 6.04 Å². The molecule has 0 aliphatic carbocycles. The highest BCUT2D eigenvalue weighted by atomic mass is 32.1. The summed E-state index contributed by atoms with van der Waals surface area (Å²) in [4.78, 5) is 25.5. The number of hydrogen-bond acceptors (Lipinski definition) is 5. The Morgan fingerprint density at radius 3 is 3.11 bits per heavy atom. The van der Waals surface area contributed by atoms with Crippen LogP contribution < -0.4 is 0 Å². The fourth-order valence-electron chi connectivity index (χ4n) is 1.97.